The number of benzene rings is 1. The first kappa shape index (κ1) is 18.7. The van der Waals surface area contributed by atoms with Gasteiger partial charge in [-0.15, -0.1) is 0 Å². The van der Waals surface area contributed by atoms with Gasteiger partial charge in [0, 0.05) is 19.3 Å². The minimum atomic E-state index is -0.228. The lowest BCUT2D eigenvalue weighted by Gasteiger charge is -2.32. The third-order valence-electron chi connectivity index (χ3n) is 4.84. The van der Waals surface area contributed by atoms with E-state index in [4.69, 9.17) is 0 Å². The molecule has 1 aromatic heterocycles. The number of carbonyl (C=O) groups is 1. The van der Waals surface area contributed by atoms with Gasteiger partial charge >= 0.3 is 6.03 Å². The maximum atomic E-state index is 12.1. The Morgan fingerprint density at radius 2 is 1.88 bits per heavy atom. The fraction of sp³-hybridized carbons (Fsp3) is 0.400. The van der Waals surface area contributed by atoms with E-state index in [2.05, 4.69) is 58.3 Å². The van der Waals surface area contributed by atoms with Crippen LogP contribution < -0.4 is 9.62 Å². The molecule has 2 aromatic rings. The van der Waals surface area contributed by atoms with Crippen LogP contribution in [0.1, 0.15) is 24.8 Å². The summed E-state index contributed by atoms with van der Waals surface area (Å²) in [5.74, 6) is 1.20. The van der Waals surface area contributed by atoms with E-state index in [0.717, 1.165) is 26.1 Å². The molecule has 5 nitrogen and oxygen atoms in total. The number of hydrogen-bond donors (Lipinski definition) is 2. The zero-order valence-electron chi connectivity index (χ0n) is 14.9. The Bertz CT molecular complexity index is 675. The van der Waals surface area contributed by atoms with Crippen molar-refractivity contribution in [3.8, 4) is 0 Å². The summed E-state index contributed by atoms with van der Waals surface area (Å²) >= 11 is 4.23. The zero-order valence-corrected chi connectivity index (χ0v) is 15.8. The molecule has 0 unspecified atom stereocenters. The summed E-state index contributed by atoms with van der Waals surface area (Å²) in [5, 5.41) is 2.94. The van der Waals surface area contributed by atoms with E-state index in [1.165, 1.54) is 22.7 Å². The van der Waals surface area contributed by atoms with Crippen molar-refractivity contribution in [2.45, 2.75) is 25.8 Å². The largest absolute Gasteiger partial charge is 0.337 e. The Morgan fingerprint density at radius 3 is 2.58 bits per heavy atom. The molecule has 138 valence electrons. The number of carbonyl (C=O) groups excluding carboxylic acids is 1. The highest BCUT2D eigenvalue weighted by Gasteiger charge is 2.20. The second-order valence-electron chi connectivity index (χ2n) is 6.73. The molecular formula is C20H26N4OS. The van der Waals surface area contributed by atoms with Crippen LogP contribution in [0.4, 0.5) is 10.6 Å². The summed E-state index contributed by atoms with van der Waals surface area (Å²) in [7, 11) is 0. The van der Waals surface area contributed by atoms with Crippen molar-refractivity contribution in [2.75, 3.05) is 23.9 Å². The predicted octanol–water partition coefficient (Wildman–Crippen LogP) is 3.74. The van der Waals surface area contributed by atoms with E-state index in [-0.39, 0.29) is 6.03 Å². The fourth-order valence-electron chi connectivity index (χ4n) is 3.32. The first-order valence-electron chi connectivity index (χ1n) is 9.16. The lowest BCUT2D eigenvalue weighted by Crippen LogP contribution is -2.37. The maximum Gasteiger partial charge on any atom is 0.333 e. The Kier molecular flexibility index (Phi) is 6.91. The van der Waals surface area contributed by atoms with Crippen molar-refractivity contribution < 1.29 is 4.79 Å². The van der Waals surface area contributed by atoms with Gasteiger partial charge in [0.15, 0.2) is 0 Å². The summed E-state index contributed by atoms with van der Waals surface area (Å²) < 4.78 is 1.25. The highest BCUT2D eigenvalue weighted by molar-refractivity contribution is 7.82. The lowest BCUT2D eigenvalue weighted by molar-refractivity contribution is 0.172. The number of pyridine rings is 1. The van der Waals surface area contributed by atoms with E-state index < -0.39 is 0 Å². The average molecular weight is 371 g/mol. The molecule has 2 heterocycles. The Balaban J connectivity index is 1.34. The third-order valence-corrected chi connectivity index (χ3v) is 5.23. The van der Waals surface area contributed by atoms with Crippen LogP contribution in [-0.2, 0) is 6.54 Å². The van der Waals surface area contributed by atoms with Crippen molar-refractivity contribution >= 4 is 24.7 Å². The Morgan fingerprint density at radius 1 is 1.15 bits per heavy atom. The quantitative estimate of drug-likeness (QED) is 0.762. The molecule has 0 spiro atoms. The van der Waals surface area contributed by atoms with Crippen LogP contribution in [-0.4, -0.2) is 35.5 Å². The molecule has 1 aromatic carbocycles. The minimum absolute atomic E-state index is 0.228. The van der Waals surface area contributed by atoms with Crippen molar-refractivity contribution in [3.63, 3.8) is 0 Å². The van der Waals surface area contributed by atoms with Gasteiger partial charge < -0.3 is 5.32 Å². The minimum Gasteiger partial charge on any atom is -0.337 e. The molecule has 1 N–H and O–H groups in total. The average Bonchev–Trinajstić information content (AvgIpc) is 2.70. The number of likely N-dealkylation sites (tertiary alicyclic amines) is 1. The molecule has 1 aliphatic heterocycles. The van der Waals surface area contributed by atoms with Gasteiger partial charge in [-0.05, 0) is 56.0 Å². The monoisotopic (exact) mass is 370 g/mol. The van der Waals surface area contributed by atoms with Crippen LogP contribution in [0.25, 0.3) is 0 Å². The number of anilines is 1. The lowest BCUT2D eigenvalue weighted by atomic mass is 9.93. The van der Waals surface area contributed by atoms with E-state index >= 15 is 0 Å². The van der Waals surface area contributed by atoms with Crippen LogP contribution in [0, 0.1) is 5.92 Å². The fourth-order valence-corrected chi connectivity index (χ4v) is 3.51. The zero-order chi connectivity index (χ0) is 18.2. The number of piperidine rings is 1. The van der Waals surface area contributed by atoms with Gasteiger partial charge in [-0.2, -0.15) is 0 Å². The Hall–Kier alpha value is -2.05. The van der Waals surface area contributed by atoms with E-state index in [1.54, 1.807) is 12.3 Å². The predicted molar refractivity (Wildman–Crippen MR) is 108 cm³/mol. The molecule has 1 fully saturated rings. The molecule has 26 heavy (non-hydrogen) atoms. The number of rotatable bonds is 6. The highest BCUT2D eigenvalue weighted by atomic mass is 32.1. The molecule has 0 atom stereocenters. The second-order valence-corrected chi connectivity index (χ2v) is 7.13. The summed E-state index contributed by atoms with van der Waals surface area (Å²) in [6.45, 7) is 3.95. The highest BCUT2D eigenvalue weighted by Crippen LogP contribution is 2.21. The maximum absolute atomic E-state index is 12.1. The summed E-state index contributed by atoms with van der Waals surface area (Å²) in [4.78, 5) is 18.8. The molecule has 1 aliphatic rings. The van der Waals surface area contributed by atoms with Crippen LogP contribution in [0.5, 0.6) is 0 Å². The van der Waals surface area contributed by atoms with E-state index in [9.17, 15) is 4.79 Å². The van der Waals surface area contributed by atoms with Gasteiger partial charge in [0.25, 0.3) is 0 Å². The van der Waals surface area contributed by atoms with Gasteiger partial charge in [-0.25, -0.2) is 14.1 Å². The van der Waals surface area contributed by atoms with Crippen molar-refractivity contribution in [1.29, 1.82) is 0 Å². The number of thiol groups is 1. The molecule has 0 radical (unpaired) electrons. The molecule has 1 saturated heterocycles. The molecule has 0 aliphatic carbocycles. The smallest absolute Gasteiger partial charge is 0.333 e. The van der Waals surface area contributed by atoms with Gasteiger partial charge in [0.05, 0.1) is 0 Å². The molecule has 6 heteroatoms. The number of amides is 2. The van der Waals surface area contributed by atoms with Crippen LogP contribution in [0.3, 0.4) is 0 Å². The summed E-state index contributed by atoms with van der Waals surface area (Å²) in [6, 6.07) is 15.8. The van der Waals surface area contributed by atoms with Crippen molar-refractivity contribution in [1.82, 2.24) is 15.2 Å². The second kappa shape index (κ2) is 9.59. The molecule has 0 saturated carbocycles. The molecular weight excluding hydrogens is 344 g/mol. The molecule has 2 amide bonds. The summed E-state index contributed by atoms with van der Waals surface area (Å²) in [6.07, 6.45) is 5.03. The van der Waals surface area contributed by atoms with Crippen LogP contribution >= 0.6 is 12.8 Å². The van der Waals surface area contributed by atoms with Crippen molar-refractivity contribution in [3.05, 3.63) is 60.3 Å². The number of urea groups is 1. The number of nitrogens with zero attached hydrogens (tertiary/aromatic N) is 3. The van der Waals surface area contributed by atoms with Crippen molar-refractivity contribution in [2.24, 2.45) is 5.92 Å². The molecule has 3 rings (SSSR count). The van der Waals surface area contributed by atoms with Gasteiger partial charge in [-0.1, -0.05) is 49.2 Å². The third kappa shape index (κ3) is 5.47. The SMILES string of the molecule is O=C(NCCC1CCN(Cc2ccccc2)CC1)N(S)c1ccccn1. The number of hydrogen-bond acceptors (Lipinski definition) is 4. The molecule has 0 bridgehead atoms. The first-order valence-corrected chi connectivity index (χ1v) is 9.56. The van der Waals surface area contributed by atoms with Gasteiger partial charge in [0.1, 0.15) is 5.82 Å². The first-order chi connectivity index (χ1) is 12.7. The number of nitrogens with one attached hydrogen (secondary N) is 1. The van der Waals surface area contributed by atoms with Gasteiger partial charge in [-0.3, -0.25) is 4.90 Å². The Labute approximate surface area is 161 Å². The summed E-state index contributed by atoms with van der Waals surface area (Å²) in [5.41, 5.74) is 1.38. The van der Waals surface area contributed by atoms with Crippen LogP contribution in [0.15, 0.2) is 54.7 Å². The van der Waals surface area contributed by atoms with Gasteiger partial charge in [0.2, 0.25) is 0 Å². The van der Waals surface area contributed by atoms with E-state index in [0.29, 0.717) is 18.3 Å². The standard InChI is InChI=1S/C20H26N4OS/c25-20(24(26)19-8-4-5-12-21-19)22-13-9-17-10-14-23(15-11-17)16-18-6-2-1-3-7-18/h1-8,12,17,26H,9-11,13-16H2,(H,22,25). The number of aromatic nitrogens is 1. The van der Waals surface area contributed by atoms with E-state index in [1.807, 2.05) is 12.1 Å². The normalized spacial score (nSPS) is 15.6. The van der Waals surface area contributed by atoms with Crippen LogP contribution in [0.2, 0.25) is 0 Å². The topological polar surface area (TPSA) is 48.5 Å².